The number of aromatic nitrogens is 1. The normalized spacial score (nSPS) is 10.3. The molecule has 0 bridgehead atoms. The predicted molar refractivity (Wildman–Crippen MR) is 75.8 cm³/mol. The van der Waals surface area contributed by atoms with Crippen molar-refractivity contribution < 1.29 is 9.53 Å². The van der Waals surface area contributed by atoms with Gasteiger partial charge in [-0.3, -0.25) is 4.79 Å². The summed E-state index contributed by atoms with van der Waals surface area (Å²) in [6.45, 7) is 4.32. The third-order valence-corrected chi connectivity index (χ3v) is 3.63. The zero-order valence-electron chi connectivity index (χ0n) is 11.2. The Kier molecular flexibility index (Phi) is 4.16. The van der Waals surface area contributed by atoms with E-state index in [-0.39, 0.29) is 5.91 Å². The molecule has 1 aromatic carbocycles. The Morgan fingerprint density at radius 2 is 2.21 bits per heavy atom. The zero-order chi connectivity index (χ0) is 13.8. The lowest BCUT2D eigenvalue weighted by atomic mass is 10.1. The molecule has 5 heteroatoms. The van der Waals surface area contributed by atoms with Gasteiger partial charge in [-0.1, -0.05) is 11.6 Å². The minimum absolute atomic E-state index is 0.145. The van der Waals surface area contributed by atoms with Gasteiger partial charge in [0.05, 0.1) is 19.2 Å². The topological polar surface area (TPSA) is 51.2 Å². The number of hydrogen-bond acceptors (Lipinski definition) is 4. The van der Waals surface area contributed by atoms with Crippen molar-refractivity contribution in [3.8, 4) is 5.75 Å². The molecule has 0 aliphatic rings. The Labute approximate surface area is 116 Å². The standard InChI is InChI=1S/C14H16N2O2S/c1-9-4-5-12(18-3)11(6-9)14(17)15-7-13-16-10(2)8-19-13/h4-6,8H,7H2,1-3H3,(H,15,17). The van der Waals surface area contributed by atoms with E-state index in [1.165, 1.54) is 0 Å². The smallest absolute Gasteiger partial charge is 0.255 e. The van der Waals surface area contributed by atoms with E-state index in [9.17, 15) is 4.79 Å². The maximum absolute atomic E-state index is 12.1. The second-order valence-corrected chi connectivity index (χ2v) is 5.21. The average Bonchev–Trinajstić information content (AvgIpc) is 2.81. The van der Waals surface area contributed by atoms with Crippen LogP contribution in [0.4, 0.5) is 0 Å². The van der Waals surface area contributed by atoms with Crippen molar-refractivity contribution in [1.29, 1.82) is 0 Å². The molecule has 0 fully saturated rings. The molecule has 1 N–H and O–H groups in total. The van der Waals surface area contributed by atoms with Gasteiger partial charge in [0.1, 0.15) is 10.8 Å². The van der Waals surface area contributed by atoms with Gasteiger partial charge in [-0.2, -0.15) is 0 Å². The van der Waals surface area contributed by atoms with Gasteiger partial charge < -0.3 is 10.1 Å². The van der Waals surface area contributed by atoms with Crippen molar-refractivity contribution in [2.75, 3.05) is 7.11 Å². The number of carbonyl (C=O) groups is 1. The van der Waals surface area contributed by atoms with Crippen molar-refractivity contribution in [2.24, 2.45) is 0 Å². The minimum Gasteiger partial charge on any atom is -0.496 e. The van der Waals surface area contributed by atoms with E-state index in [4.69, 9.17) is 4.74 Å². The summed E-state index contributed by atoms with van der Waals surface area (Å²) in [5.74, 6) is 0.437. The van der Waals surface area contributed by atoms with Crippen LogP contribution in [0.3, 0.4) is 0 Å². The van der Waals surface area contributed by atoms with Gasteiger partial charge in [0.2, 0.25) is 0 Å². The number of nitrogens with zero attached hydrogens (tertiary/aromatic N) is 1. The molecule has 0 unspecified atom stereocenters. The number of thiazole rings is 1. The van der Waals surface area contributed by atoms with Gasteiger partial charge in [-0.05, 0) is 26.0 Å². The summed E-state index contributed by atoms with van der Waals surface area (Å²) >= 11 is 1.54. The van der Waals surface area contributed by atoms with Crippen LogP contribution in [0.15, 0.2) is 23.6 Å². The van der Waals surface area contributed by atoms with Crippen LogP contribution >= 0.6 is 11.3 Å². The van der Waals surface area contributed by atoms with Crippen molar-refractivity contribution in [2.45, 2.75) is 20.4 Å². The molecule has 0 radical (unpaired) electrons. The highest BCUT2D eigenvalue weighted by atomic mass is 32.1. The van der Waals surface area contributed by atoms with Gasteiger partial charge in [0.15, 0.2) is 0 Å². The maximum atomic E-state index is 12.1. The third kappa shape index (κ3) is 3.32. The van der Waals surface area contributed by atoms with Gasteiger partial charge in [-0.15, -0.1) is 11.3 Å². The van der Waals surface area contributed by atoms with E-state index in [1.54, 1.807) is 24.5 Å². The Hall–Kier alpha value is -1.88. The van der Waals surface area contributed by atoms with Crippen LogP contribution in [-0.4, -0.2) is 18.0 Å². The van der Waals surface area contributed by atoms with Gasteiger partial charge in [0, 0.05) is 11.1 Å². The van der Waals surface area contributed by atoms with Gasteiger partial charge >= 0.3 is 0 Å². The van der Waals surface area contributed by atoms with E-state index in [0.717, 1.165) is 16.3 Å². The van der Waals surface area contributed by atoms with E-state index < -0.39 is 0 Å². The fourth-order valence-electron chi connectivity index (χ4n) is 1.73. The summed E-state index contributed by atoms with van der Waals surface area (Å²) in [7, 11) is 1.56. The summed E-state index contributed by atoms with van der Waals surface area (Å²) in [5.41, 5.74) is 2.55. The second kappa shape index (κ2) is 5.84. The molecule has 2 aromatic rings. The van der Waals surface area contributed by atoms with E-state index in [0.29, 0.717) is 17.9 Å². The Morgan fingerprint density at radius 1 is 1.42 bits per heavy atom. The lowest BCUT2D eigenvalue weighted by Crippen LogP contribution is -2.23. The van der Waals surface area contributed by atoms with Crippen LogP contribution < -0.4 is 10.1 Å². The van der Waals surface area contributed by atoms with Crippen molar-refractivity contribution in [3.05, 3.63) is 45.4 Å². The van der Waals surface area contributed by atoms with Crippen molar-refractivity contribution in [1.82, 2.24) is 10.3 Å². The van der Waals surface area contributed by atoms with E-state index in [1.807, 2.05) is 31.4 Å². The monoisotopic (exact) mass is 276 g/mol. The summed E-state index contributed by atoms with van der Waals surface area (Å²) in [6.07, 6.45) is 0. The summed E-state index contributed by atoms with van der Waals surface area (Å²) < 4.78 is 5.20. The molecule has 0 atom stereocenters. The first-order valence-corrected chi connectivity index (χ1v) is 6.82. The number of rotatable bonds is 4. The number of carbonyl (C=O) groups excluding carboxylic acids is 1. The highest BCUT2D eigenvalue weighted by Crippen LogP contribution is 2.19. The molecule has 1 heterocycles. The number of amides is 1. The molecule has 0 spiro atoms. The van der Waals surface area contributed by atoms with E-state index >= 15 is 0 Å². The highest BCUT2D eigenvalue weighted by molar-refractivity contribution is 7.09. The minimum atomic E-state index is -0.145. The molecule has 4 nitrogen and oxygen atoms in total. The summed E-state index contributed by atoms with van der Waals surface area (Å²) in [6, 6.07) is 5.54. The molecule has 0 saturated carbocycles. The quantitative estimate of drug-likeness (QED) is 0.934. The van der Waals surface area contributed by atoms with Crippen LogP contribution in [0.25, 0.3) is 0 Å². The number of aryl methyl sites for hydroxylation is 2. The third-order valence-electron chi connectivity index (χ3n) is 2.67. The molecule has 1 amide bonds. The van der Waals surface area contributed by atoms with Crippen LogP contribution in [0.2, 0.25) is 0 Å². The first-order chi connectivity index (χ1) is 9.10. The highest BCUT2D eigenvalue weighted by Gasteiger charge is 2.12. The molecule has 0 aliphatic carbocycles. The fourth-order valence-corrected chi connectivity index (χ4v) is 2.45. The number of ether oxygens (including phenoxy) is 1. The predicted octanol–water partition coefficient (Wildman–Crippen LogP) is 2.70. The van der Waals surface area contributed by atoms with Crippen molar-refractivity contribution in [3.63, 3.8) is 0 Å². The SMILES string of the molecule is COc1ccc(C)cc1C(=O)NCc1nc(C)cs1. The van der Waals surface area contributed by atoms with E-state index in [2.05, 4.69) is 10.3 Å². The Balaban J connectivity index is 2.09. The first-order valence-electron chi connectivity index (χ1n) is 5.94. The molecule has 0 saturated heterocycles. The Morgan fingerprint density at radius 3 is 2.84 bits per heavy atom. The average molecular weight is 276 g/mol. The van der Waals surface area contributed by atoms with Gasteiger partial charge in [-0.25, -0.2) is 4.98 Å². The lowest BCUT2D eigenvalue weighted by Gasteiger charge is -2.09. The molecular formula is C14H16N2O2S. The van der Waals surface area contributed by atoms with Crippen molar-refractivity contribution >= 4 is 17.2 Å². The van der Waals surface area contributed by atoms with Crippen LogP contribution in [-0.2, 0) is 6.54 Å². The summed E-state index contributed by atoms with van der Waals surface area (Å²) in [4.78, 5) is 16.5. The molecule has 0 aliphatic heterocycles. The molecular weight excluding hydrogens is 260 g/mol. The van der Waals surface area contributed by atoms with Crippen LogP contribution in [0.5, 0.6) is 5.75 Å². The molecule has 100 valence electrons. The number of benzene rings is 1. The largest absolute Gasteiger partial charge is 0.496 e. The first kappa shape index (κ1) is 13.5. The van der Waals surface area contributed by atoms with Crippen LogP contribution in [0, 0.1) is 13.8 Å². The number of methoxy groups -OCH3 is 1. The van der Waals surface area contributed by atoms with Gasteiger partial charge in [0.25, 0.3) is 5.91 Å². The number of hydrogen-bond donors (Lipinski definition) is 1. The molecule has 1 aromatic heterocycles. The fraction of sp³-hybridized carbons (Fsp3) is 0.286. The second-order valence-electron chi connectivity index (χ2n) is 4.27. The Bertz CT molecular complexity index is 593. The molecule has 2 rings (SSSR count). The maximum Gasteiger partial charge on any atom is 0.255 e. The zero-order valence-corrected chi connectivity index (χ0v) is 12.0. The lowest BCUT2D eigenvalue weighted by molar-refractivity contribution is 0.0947. The molecule has 19 heavy (non-hydrogen) atoms. The number of nitrogens with one attached hydrogen (secondary N) is 1. The summed E-state index contributed by atoms with van der Waals surface area (Å²) in [5, 5.41) is 5.73. The van der Waals surface area contributed by atoms with Crippen LogP contribution in [0.1, 0.15) is 26.6 Å².